The number of nitrogens with one attached hydrogen (secondary N) is 1. The monoisotopic (exact) mass is 325 g/mol. The van der Waals surface area contributed by atoms with Crippen molar-refractivity contribution in [2.75, 3.05) is 31.6 Å². The average molecular weight is 325 g/mol. The second kappa shape index (κ2) is 7.93. The number of carbonyl (C=O) groups excluding carboxylic acids is 1. The van der Waals surface area contributed by atoms with Crippen molar-refractivity contribution in [3.8, 4) is 0 Å². The van der Waals surface area contributed by atoms with Gasteiger partial charge in [0.05, 0.1) is 6.61 Å². The van der Waals surface area contributed by atoms with Gasteiger partial charge in [-0.25, -0.2) is 0 Å². The molecule has 0 unspecified atom stereocenters. The molecule has 1 atom stereocenters. The Hall–Kier alpha value is -2.40. The molecular weight excluding hydrogens is 302 g/mol. The summed E-state index contributed by atoms with van der Waals surface area (Å²) in [4.78, 5) is 18.7. The maximum absolute atomic E-state index is 12.8. The lowest BCUT2D eigenvalue weighted by atomic mass is 10.1. The van der Waals surface area contributed by atoms with Gasteiger partial charge >= 0.3 is 0 Å². The predicted molar refractivity (Wildman–Crippen MR) is 94.5 cm³/mol. The Morgan fingerprint density at radius 2 is 2.12 bits per heavy atom. The van der Waals surface area contributed by atoms with Crippen molar-refractivity contribution in [3.63, 3.8) is 0 Å². The topological polar surface area (TPSA) is 54.5 Å². The first-order chi connectivity index (χ1) is 11.8. The molecule has 0 bridgehead atoms. The van der Waals surface area contributed by atoms with E-state index in [1.165, 1.54) is 0 Å². The molecule has 1 N–H and O–H groups in total. The maximum Gasteiger partial charge on any atom is 0.253 e. The Bertz CT molecular complexity index is 669. The summed E-state index contributed by atoms with van der Waals surface area (Å²) in [7, 11) is 0. The third kappa shape index (κ3) is 4.11. The van der Waals surface area contributed by atoms with Crippen molar-refractivity contribution in [1.82, 2.24) is 9.88 Å². The summed E-state index contributed by atoms with van der Waals surface area (Å²) >= 11 is 0. The van der Waals surface area contributed by atoms with Gasteiger partial charge in [0.1, 0.15) is 0 Å². The molecular formula is C19H23N3O2. The number of hydrogen-bond donors (Lipinski definition) is 1. The molecule has 0 spiro atoms. The van der Waals surface area contributed by atoms with Gasteiger partial charge in [-0.3, -0.25) is 9.78 Å². The van der Waals surface area contributed by atoms with Crippen LogP contribution in [0.25, 0.3) is 0 Å². The van der Waals surface area contributed by atoms with Gasteiger partial charge in [0.25, 0.3) is 5.91 Å². The number of carbonyl (C=O) groups is 1. The van der Waals surface area contributed by atoms with Gasteiger partial charge < -0.3 is 15.0 Å². The van der Waals surface area contributed by atoms with Crippen molar-refractivity contribution in [3.05, 3.63) is 54.4 Å². The molecule has 1 aromatic carbocycles. The number of ether oxygens (including phenoxy) is 1. The summed E-state index contributed by atoms with van der Waals surface area (Å²) in [6, 6.07) is 11.4. The van der Waals surface area contributed by atoms with Crippen LogP contribution in [0, 0.1) is 5.92 Å². The van der Waals surface area contributed by atoms with Crippen LogP contribution in [0.3, 0.4) is 0 Å². The van der Waals surface area contributed by atoms with E-state index in [2.05, 4.69) is 10.3 Å². The minimum absolute atomic E-state index is 0.0720. The lowest BCUT2D eigenvalue weighted by Gasteiger charge is -2.24. The van der Waals surface area contributed by atoms with Gasteiger partial charge in [-0.05, 0) is 43.7 Å². The van der Waals surface area contributed by atoms with E-state index in [0.29, 0.717) is 18.0 Å². The van der Waals surface area contributed by atoms with Crippen molar-refractivity contribution in [2.24, 2.45) is 5.92 Å². The number of benzene rings is 1. The Labute approximate surface area is 142 Å². The van der Waals surface area contributed by atoms with E-state index in [4.69, 9.17) is 4.74 Å². The molecule has 0 aliphatic carbocycles. The summed E-state index contributed by atoms with van der Waals surface area (Å²) in [5, 5.41) is 3.30. The SMILES string of the molecule is CCN(C[C@H]1CCOC1)C(=O)c1cccc(Nc2ccncc2)c1. The first kappa shape index (κ1) is 16.5. The summed E-state index contributed by atoms with van der Waals surface area (Å²) in [5.74, 6) is 0.523. The predicted octanol–water partition coefficient (Wildman–Crippen LogP) is 3.32. The fraction of sp³-hybridized carbons (Fsp3) is 0.368. The molecule has 3 rings (SSSR count). The van der Waals surface area contributed by atoms with Gasteiger partial charge in [0.2, 0.25) is 0 Å². The van der Waals surface area contributed by atoms with Gasteiger partial charge in [-0.2, -0.15) is 0 Å². The van der Waals surface area contributed by atoms with Gasteiger partial charge in [-0.1, -0.05) is 6.07 Å². The molecule has 1 amide bonds. The molecule has 2 heterocycles. The van der Waals surface area contributed by atoms with Crippen molar-refractivity contribution in [2.45, 2.75) is 13.3 Å². The molecule has 2 aromatic rings. The molecule has 5 heteroatoms. The van der Waals surface area contributed by atoms with Crippen LogP contribution in [-0.2, 0) is 4.74 Å². The van der Waals surface area contributed by atoms with Crippen LogP contribution in [0.5, 0.6) is 0 Å². The fourth-order valence-corrected chi connectivity index (χ4v) is 2.91. The van der Waals surface area contributed by atoms with E-state index < -0.39 is 0 Å². The summed E-state index contributed by atoms with van der Waals surface area (Å²) in [6.45, 7) is 5.05. The van der Waals surface area contributed by atoms with Gasteiger partial charge in [-0.15, -0.1) is 0 Å². The highest BCUT2D eigenvalue weighted by molar-refractivity contribution is 5.95. The van der Waals surface area contributed by atoms with E-state index in [1.807, 2.05) is 48.2 Å². The number of anilines is 2. The molecule has 126 valence electrons. The lowest BCUT2D eigenvalue weighted by molar-refractivity contribution is 0.0731. The zero-order valence-electron chi connectivity index (χ0n) is 13.9. The Balaban J connectivity index is 1.70. The summed E-state index contributed by atoms with van der Waals surface area (Å²) < 4.78 is 5.42. The van der Waals surface area contributed by atoms with Gasteiger partial charge in [0.15, 0.2) is 0 Å². The molecule has 1 aliphatic heterocycles. The number of rotatable bonds is 6. The quantitative estimate of drug-likeness (QED) is 0.885. The molecule has 1 saturated heterocycles. The number of hydrogen-bond acceptors (Lipinski definition) is 4. The Morgan fingerprint density at radius 3 is 2.83 bits per heavy atom. The summed E-state index contributed by atoms with van der Waals surface area (Å²) in [6.07, 6.45) is 4.51. The van der Waals surface area contributed by atoms with E-state index >= 15 is 0 Å². The van der Waals surface area contributed by atoms with Crippen LogP contribution < -0.4 is 5.32 Å². The molecule has 0 radical (unpaired) electrons. The standard InChI is InChI=1S/C19H23N3O2/c1-2-22(13-15-8-11-24-14-15)19(23)16-4-3-5-18(12-16)21-17-6-9-20-10-7-17/h3-7,9-10,12,15H,2,8,11,13-14H2,1H3,(H,20,21)/t15-/m1/s1. The molecule has 24 heavy (non-hydrogen) atoms. The van der Waals surface area contributed by atoms with Crippen molar-refractivity contribution < 1.29 is 9.53 Å². The number of amides is 1. The van der Waals surface area contributed by atoms with E-state index in [-0.39, 0.29) is 5.91 Å². The second-order valence-corrected chi connectivity index (χ2v) is 6.02. The minimum atomic E-state index is 0.0720. The van der Waals surface area contributed by atoms with Crippen LogP contribution in [-0.4, -0.2) is 42.1 Å². The molecule has 0 saturated carbocycles. The van der Waals surface area contributed by atoms with E-state index in [9.17, 15) is 4.79 Å². The minimum Gasteiger partial charge on any atom is -0.381 e. The largest absolute Gasteiger partial charge is 0.381 e. The van der Waals surface area contributed by atoms with Crippen LogP contribution in [0.4, 0.5) is 11.4 Å². The average Bonchev–Trinajstić information content (AvgIpc) is 3.13. The van der Waals surface area contributed by atoms with E-state index in [0.717, 1.165) is 37.6 Å². The van der Waals surface area contributed by atoms with Crippen LogP contribution in [0.1, 0.15) is 23.7 Å². The Morgan fingerprint density at radius 1 is 1.29 bits per heavy atom. The number of aromatic nitrogens is 1. The summed E-state index contributed by atoms with van der Waals surface area (Å²) in [5.41, 5.74) is 2.55. The Kier molecular flexibility index (Phi) is 5.43. The molecule has 1 aliphatic rings. The third-order valence-electron chi connectivity index (χ3n) is 4.25. The highest BCUT2D eigenvalue weighted by Gasteiger charge is 2.22. The normalized spacial score (nSPS) is 16.8. The highest BCUT2D eigenvalue weighted by atomic mass is 16.5. The smallest absolute Gasteiger partial charge is 0.253 e. The van der Waals surface area contributed by atoms with Crippen LogP contribution in [0.2, 0.25) is 0 Å². The highest BCUT2D eigenvalue weighted by Crippen LogP contribution is 2.19. The lowest BCUT2D eigenvalue weighted by Crippen LogP contribution is -2.35. The molecule has 5 nitrogen and oxygen atoms in total. The molecule has 1 fully saturated rings. The van der Waals surface area contributed by atoms with Crippen molar-refractivity contribution >= 4 is 17.3 Å². The number of nitrogens with zero attached hydrogens (tertiary/aromatic N) is 2. The van der Waals surface area contributed by atoms with E-state index in [1.54, 1.807) is 12.4 Å². The zero-order valence-corrected chi connectivity index (χ0v) is 13.9. The zero-order chi connectivity index (χ0) is 16.8. The maximum atomic E-state index is 12.8. The number of pyridine rings is 1. The van der Waals surface area contributed by atoms with Crippen LogP contribution >= 0.6 is 0 Å². The second-order valence-electron chi connectivity index (χ2n) is 6.02. The van der Waals surface area contributed by atoms with Gasteiger partial charge in [0, 0.05) is 54.9 Å². The first-order valence-corrected chi connectivity index (χ1v) is 8.40. The van der Waals surface area contributed by atoms with Crippen LogP contribution in [0.15, 0.2) is 48.8 Å². The fourth-order valence-electron chi connectivity index (χ4n) is 2.91. The van der Waals surface area contributed by atoms with Crippen molar-refractivity contribution in [1.29, 1.82) is 0 Å². The third-order valence-corrected chi connectivity index (χ3v) is 4.25. The molecule has 1 aromatic heterocycles. The first-order valence-electron chi connectivity index (χ1n) is 8.40.